The molecule has 0 aliphatic carbocycles. The van der Waals surface area contributed by atoms with Gasteiger partial charge in [-0.25, -0.2) is 0 Å². The van der Waals surface area contributed by atoms with E-state index in [0.29, 0.717) is 0 Å². The van der Waals surface area contributed by atoms with Gasteiger partial charge in [0.2, 0.25) is 0 Å². The second-order valence-corrected chi connectivity index (χ2v) is 5.01. The standard InChI is InChI=1S/C15H25ClN2.ClH/c1-3-17(4-2)12-13-18(11-10-16)14-15-8-6-5-7-9-15;/h5-9H,3-4,10-14H2,1-2H3;1H. The first-order valence-electron chi connectivity index (χ1n) is 6.96. The van der Waals surface area contributed by atoms with Crippen molar-refractivity contribution in [1.29, 1.82) is 0 Å². The Kier molecular flexibility index (Phi) is 11.4. The summed E-state index contributed by atoms with van der Waals surface area (Å²) in [4.78, 5) is 4.04. The van der Waals surface area contributed by atoms with Crippen LogP contribution in [0.3, 0.4) is 0 Å². The van der Waals surface area contributed by atoms with Crippen molar-refractivity contribution < 1.29 is 17.3 Å². The van der Waals surface area contributed by atoms with Crippen LogP contribution >= 0.6 is 11.6 Å². The Hall–Kier alpha value is -0.280. The van der Waals surface area contributed by atoms with E-state index >= 15 is 0 Å². The van der Waals surface area contributed by atoms with Crippen LogP contribution in [0.5, 0.6) is 0 Å². The van der Waals surface area contributed by atoms with E-state index in [1.54, 1.807) is 4.90 Å². The second kappa shape index (κ2) is 11.5. The van der Waals surface area contributed by atoms with Crippen LogP contribution in [0.15, 0.2) is 30.3 Å². The summed E-state index contributed by atoms with van der Waals surface area (Å²) in [5.41, 5.74) is 1.40. The zero-order valence-electron chi connectivity index (χ0n) is 12.0. The predicted molar refractivity (Wildman–Crippen MR) is 79.4 cm³/mol. The highest BCUT2D eigenvalue weighted by molar-refractivity contribution is 6.17. The van der Waals surface area contributed by atoms with Crippen LogP contribution in [0.1, 0.15) is 19.4 Å². The Bertz CT molecular complexity index is 302. The Labute approximate surface area is 129 Å². The van der Waals surface area contributed by atoms with Crippen molar-refractivity contribution in [2.45, 2.75) is 20.4 Å². The molecule has 1 unspecified atom stereocenters. The van der Waals surface area contributed by atoms with Crippen LogP contribution in [0, 0.1) is 0 Å². The van der Waals surface area contributed by atoms with E-state index < -0.39 is 0 Å². The molecule has 19 heavy (non-hydrogen) atoms. The fraction of sp³-hybridized carbons (Fsp3) is 0.600. The molecule has 0 saturated carbocycles. The third-order valence-corrected chi connectivity index (χ3v) is 3.61. The summed E-state index contributed by atoms with van der Waals surface area (Å²) in [7, 11) is 0. The van der Waals surface area contributed by atoms with E-state index in [1.165, 1.54) is 12.1 Å². The highest BCUT2D eigenvalue weighted by atomic mass is 35.5. The van der Waals surface area contributed by atoms with Crippen LogP contribution in [0.4, 0.5) is 0 Å². The third kappa shape index (κ3) is 7.78. The average molecular weight is 305 g/mol. The molecule has 4 heteroatoms. The molecule has 0 radical (unpaired) electrons. The maximum atomic E-state index is 5.91. The number of hydrogen-bond acceptors (Lipinski definition) is 1. The number of likely N-dealkylation sites (N-methyl/N-ethyl adjacent to an activating group) is 1. The zero-order valence-corrected chi connectivity index (χ0v) is 13.6. The van der Waals surface area contributed by atoms with Crippen molar-refractivity contribution in [3.05, 3.63) is 35.9 Å². The Morgan fingerprint density at radius 2 is 1.68 bits per heavy atom. The lowest BCUT2D eigenvalue weighted by atomic mass is 10.2. The van der Waals surface area contributed by atoms with E-state index in [0.717, 1.165) is 38.6 Å². The first-order chi connectivity index (χ1) is 8.80. The van der Waals surface area contributed by atoms with Gasteiger partial charge < -0.3 is 17.3 Å². The number of quaternary nitrogens is 1. The largest absolute Gasteiger partial charge is 1.00 e. The van der Waals surface area contributed by atoms with Gasteiger partial charge in [0, 0.05) is 12.1 Å². The van der Waals surface area contributed by atoms with Crippen molar-refractivity contribution >= 4 is 11.6 Å². The summed E-state index contributed by atoms with van der Waals surface area (Å²) < 4.78 is 0. The van der Waals surface area contributed by atoms with Gasteiger partial charge in [-0.3, -0.25) is 4.90 Å². The first kappa shape index (κ1) is 18.7. The molecule has 1 aromatic rings. The summed E-state index contributed by atoms with van der Waals surface area (Å²) in [5.74, 6) is 0.737. The van der Waals surface area contributed by atoms with Gasteiger partial charge in [-0.15, -0.1) is 11.6 Å². The number of hydrogen-bond donors (Lipinski definition) is 1. The second-order valence-electron chi connectivity index (χ2n) is 4.63. The van der Waals surface area contributed by atoms with Crippen molar-refractivity contribution in [2.24, 2.45) is 0 Å². The summed E-state index contributed by atoms with van der Waals surface area (Å²) >= 11 is 5.91. The van der Waals surface area contributed by atoms with E-state index in [-0.39, 0.29) is 12.4 Å². The maximum absolute atomic E-state index is 5.91. The van der Waals surface area contributed by atoms with Crippen molar-refractivity contribution in [1.82, 2.24) is 4.90 Å². The molecule has 1 atom stereocenters. The molecular formula is C15H26Cl2N2. The minimum absolute atomic E-state index is 0. The molecule has 1 rings (SSSR count). The molecule has 0 fully saturated rings. The van der Waals surface area contributed by atoms with Gasteiger partial charge in [-0.2, -0.15) is 0 Å². The Balaban J connectivity index is 0.00000324. The molecule has 2 nitrogen and oxygen atoms in total. The minimum Gasteiger partial charge on any atom is -1.00 e. The monoisotopic (exact) mass is 304 g/mol. The van der Waals surface area contributed by atoms with Gasteiger partial charge in [0.1, 0.15) is 6.54 Å². The lowest BCUT2D eigenvalue weighted by Gasteiger charge is -2.23. The Morgan fingerprint density at radius 1 is 1.05 bits per heavy atom. The molecule has 0 aliphatic heterocycles. The van der Waals surface area contributed by atoms with E-state index in [4.69, 9.17) is 11.6 Å². The predicted octanol–water partition coefficient (Wildman–Crippen LogP) is -1.34. The molecule has 0 saturated heterocycles. The topological polar surface area (TPSA) is 7.68 Å². The van der Waals surface area contributed by atoms with Crippen molar-refractivity contribution in [2.75, 3.05) is 38.6 Å². The van der Waals surface area contributed by atoms with Gasteiger partial charge in [-0.05, 0) is 13.1 Å². The highest BCUT2D eigenvalue weighted by Crippen LogP contribution is 1.95. The lowest BCUT2D eigenvalue weighted by molar-refractivity contribution is -0.911. The van der Waals surface area contributed by atoms with E-state index in [9.17, 15) is 0 Å². The SMILES string of the molecule is CCN(CC)CC[NH+](CCCl)Cc1ccccc1.[Cl-]. The van der Waals surface area contributed by atoms with Crippen LogP contribution in [0.2, 0.25) is 0 Å². The molecule has 0 aromatic heterocycles. The lowest BCUT2D eigenvalue weighted by Crippen LogP contribution is -3.11. The van der Waals surface area contributed by atoms with E-state index in [2.05, 4.69) is 49.1 Å². The normalized spacial score (nSPS) is 12.2. The van der Waals surface area contributed by atoms with Gasteiger partial charge in [-0.1, -0.05) is 44.2 Å². The maximum Gasteiger partial charge on any atom is 0.103 e. The first-order valence-corrected chi connectivity index (χ1v) is 7.49. The highest BCUT2D eigenvalue weighted by Gasteiger charge is 2.10. The van der Waals surface area contributed by atoms with Crippen LogP contribution in [0.25, 0.3) is 0 Å². The molecule has 1 N–H and O–H groups in total. The molecule has 0 bridgehead atoms. The summed E-state index contributed by atoms with van der Waals surface area (Å²) in [6.45, 7) is 11.2. The number of rotatable bonds is 9. The van der Waals surface area contributed by atoms with Crippen LogP contribution < -0.4 is 17.3 Å². The van der Waals surface area contributed by atoms with Gasteiger partial charge in [0.25, 0.3) is 0 Å². The molecule has 1 aromatic carbocycles. The van der Waals surface area contributed by atoms with Gasteiger partial charge in [0.15, 0.2) is 0 Å². The van der Waals surface area contributed by atoms with E-state index in [1.807, 2.05) is 0 Å². The average Bonchev–Trinajstić information content (AvgIpc) is 2.41. The fourth-order valence-corrected chi connectivity index (χ4v) is 2.44. The molecule has 0 aliphatic rings. The number of nitrogens with zero attached hydrogens (tertiary/aromatic N) is 1. The number of alkyl halides is 1. The van der Waals surface area contributed by atoms with Crippen LogP contribution in [-0.2, 0) is 6.54 Å². The smallest absolute Gasteiger partial charge is 0.103 e. The summed E-state index contributed by atoms with van der Waals surface area (Å²) in [6.07, 6.45) is 0. The third-order valence-electron chi connectivity index (χ3n) is 3.42. The molecular weight excluding hydrogens is 279 g/mol. The number of benzene rings is 1. The van der Waals surface area contributed by atoms with Gasteiger partial charge in [0.05, 0.1) is 19.0 Å². The van der Waals surface area contributed by atoms with Gasteiger partial charge >= 0.3 is 0 Å². The van der Waals surface area contributed by atoms with Crippen molar-refractivity contribution in [3.63, 3.8) is 0 Å². The summed E-state index contributed by atoms with van der Waals surface area (Å²) in [6, 6.07) is 10.7. The molecule has 0 amide bonds. The van der Waals surface area contributed by atoms with Crippen molar-refractivity contribution in [3.8, 4) is 0 Å². The molecule has 110 valence electrons. The minimum atomic E-state index is 0. The molecule has 0 heterocycles. The fourth-order valence-electron chi connectivity index (χ4n) is 2.18. The Morgan fingerprint density at radius 3 is 2.21 bits per heavy atom. The number of halogens is 2. The zero-order chi connectivity index (χ0) is 13.2. The van der Waals surface area contributed by atoms with Crippen LogP contribution in [-0.4, -0.2) is 43.5 Å². The number of nitrogens with one attached hydrogen (secondary N) is 1. The quantitative estimate of drug-likeness (QED) is 0.555. The molecule has 0 spiro atoms. The summed E-state index contributed by atoms with van der Waals surface area (Å²) in [5, 5.41) is 0.